The van der Waals surface area contributed by atoms with Crippen LogP contribution in [-0.2, 0) is 26.6 Å². The Labute approximate surface area is 239 Å². The minimum Gasteiger partial charge on any atom is -0.466 e. The molecule has 0 atom stereocenters. The molecule has 0 radical (unpaired) electrons. The summed E-state index contributed by atoms with van der Waals surface area (Å²) in [6.45, 7) is 43.3. The van der Waals surface area contributed by atoms with Gasteiger partial charge in [-0.15, -0.1) is 19.7 Å². The van der Waals surface area contributed by atoms with Crippen molar-refractivity contribution in [2.24, 2.45) is 0 Å². The van der Waals surface area contributed by atoms with E-state index >= 15 is 0 Å². The summed E-state index contributed by atoms with van der Waals surface area (Å²) in [6, 6.07) is 0.710. The SMILES string of the molecule is C=C(C)C(=O)OC[Si](C)(C)C.C=C[Si](C)(C)O[Si](CCCOCC(=C)C)(O[Si](C)(C)C=C)O[Si](C)(C)C=C. The molecule has 0 aliphatic heterocycles. The summed E-state index contributed by atoms with van der Waals surface area (Å²) in [6.07, 6.45) is 1.39. The van der Waals surface area contributed by atoms with Gasteiger partial charge in [-0.1, -0.05) is 55.5 Å². The van der Waals surface area contributed by atoms with Crippen molar-refractivity contribution in [3.05, 3.63) is 61.1 Å². The van der Waals surface area contributed by atoms with Gasteiger partial charge in [0.05, 0.1) is 20.9 Å². The van der Waals surface area contributed by atoms with Crippen LogP contribution >= 0.6 is 0 Å². The van der Waals surface area contributed by atoms with Crippen LogP contribution in [0.15, 0.2) is 61.1 Å². The molecule has 0 aromatic heterocycles. The third-order valence-electron chi connectivity index (χ3n) is 4.84. The summed E-state index contributed by atoms with van der Waals surface area (Å²) >= 11 is 0. The summed E-state index contributed by atoms with van der Waals surface area (Å²) in [5, 5.41) is 0. The average Bonchev–Trinajstić information content (AvgIpc) is 2.75. The maximum Gasteiger partial charge on any atom is 0.470 e. The van der Waals surface area contributed by atoms with Crippen LogP contribution in [0.5, 0.6) is 0 Å². The van der Waals surface area contributed by atoms with Gasteiger partial charge in [-0.25, -0.2) is 4.79 Å². The smallest absolute Gasteiger partial charge is 0.466 e. The summed E-state index contributed by atoms with van der Waals surface area (Å²) in [4.78, 5) is 10.9. The number of rotatable bonds is 18. The van der Waals surface area contributed by atoms with Crippen molar-refractivity contribution in [1.29, 1.82) is 0 Å². The number of esters is 1. The van der Waals surface area contributed by atoms with Gasteiger partial charge in [-0.3, -0.25) is 0 Å². The molecule has 11 heteroatoms. The van der Waals surface area contributed by atoms with E-state index in [4.69, 9.17) is 21.8 Å². The molecule has 38 heavy (non-hydrogen) atoms. The zero-order valence-corrected chi connectivity index (χ0v) is 31.3. The van der Waals surface area contributed by atoms with Gasteiger partial charge in [0.2, 0.25) is 25.0 Å². The van der Waals surface area contributed by atoms with E-state index in [0.717, 1.165) is 12.0 Å². The van der Waals surface area contributed by atoms with Crippen LogP contribution in [0.1, 0.15) is 20.3 Å². The second-order valence-corrected chi connectivity index (χ2v) is 33.0. The van der Waals surface area contributed by atoms with Crippen molar-refractivity contribution in [3.63, 3.8) is 0 Å². The Bertz CT molecular complexity index is 760. The van der Waals surface area contributed by atoms with E-state index in [-0.39, 0.29) is 5.97 Å². The summed E-state index contributed by atoms with van der Waals surface area (Å²) < 4.78 is 30.8. The number of hydrogen-bond acceptors (Lipinski definition) is 6. The molecule has 0 aromatic rings. The van der Waals surface area contributed by atoms with Crippen molar-refractivity contribution < 1.29 is 26.6 Å². The van der Waals surface area contributed by atoms with E-state index in [2.05, 4.69) is 91.8 Å². The van der Waals surface area contributed by atoms with Gasteiger partial charge in [0.15, 0.2) is 0 Å². The molecule has 220 valence electrons. The molecule has 0 fully saturated rings. The lowest BCUT2D eigenvalue weighted by Crippen LogP contribution is -2.61. The van der Waals surface area contributed by atoms with Gasteiger partial charge in [-0.2, -0.15) is 0 Å². The van der Waals surface area contributed by atoms with Gasteiger partial charge in [0, 0.05) is 18.2 Å². The number of hydrogen-bond donors (Lipinski definition) is 0. The van der Waals surface area contributed by atoms with Crippen LogP contribution < -0.4 is 0 Å². The zero-order chi connectivity index (χ0) is 30.4. The lowest BCUT2D eigenvalue weighted by molar-refractivity contribution is -0.137. The Balaban J connectivity index is 0. The van der Waals surface area contributed by atoms with Gasteiger partial charge in [0.25, 0.3) is 0 Å². The van der Waals surface area contributed by atoms with E-state index in [9.17, 15) is 4.79 Å². The highest BCUT2D eigenvalue weighted by Crippen LogP contribution is 2.30. The molecule has 0 heterocycles. The standard InChI is InChI=1S/C19H40O4Si4.C8H16O2Si/c1-12-24(6,7)21-27(22-25(8,9)13-2,23-26(10,11)14-3)17-15-16-20-18-19(4)5;1-7(2)8(9)10-6-11(3,4)5/h12-14H,1-4,15-18H2,5-11H3;1,6H2,2-5H3. The van der Waals surface area contributed by atoms with E-state index in [1.54, 1.807) is 6.92 Å². The van der Waals surface area contributed by atoms with E-state index < -0.39 is 41.8 Å². The molecular formula is C27H56O6Si5. The minimum atomic E-state index is -2.97. The van der Waals surface area contributed by atoms with Crippen molar-refractivity contribution in [1.82, 2.24) is 0 Å². The lowest BCUT2D eigenvalue weighted by Gasteiger charge is -2.43. The fourth-order valence-corrected chi connectivity index (χ4v) is 17.2. The second-order valence-electron chi connectivity index (χ2n) is 12.4. The molecule has 0 aliphatic rings. The first-order chi connectivity index (χ1) is 17.0. The maximum absolute atomic E-state index is 10.9. The van der Waals surface area contributed by atoms with Crippen molar-refractivity contribution in [3.8, 4) is 0 Å². The van der Waals surface area contributed by atoms with Gasteiger partial charge >= 0.3 is 14.8 Å². The zero-order valence-electron chi connectivity index (χ0n) is 26.3. The van der Waals surface area contributed by atoms with E-state index in [1.807, 2.05) is 24.0 Å². The number of carbonyl (C=O) groups is 1. The molecule has 0 aliphatic carbocycles. The molecule has 0 amide bonds. The van der Waals surface area contributed by atoms with Crippen molar-refractivity contribution >= 4 is 47.8 Å². The van der Waals surface area contributed by atoms with Crippen LogP contribution in [0.25, 0.3) is 0 Å². The Morgan fingerprint density at radius 3 is 1.42 bits per heavy atom. The minimum absolute atomic E-state index is 0.271. The summed E-state index contributed by atoms with van der Waals surface area (Å²) in [5.41, 5.74) is 7.30. The quantitative estimate of drug-likeness (QED) is 0.0516. The lowest BCUT2D eigenvalue weighted by atomic mass is 10.4. The van der Waals surface area contributed by atoms with Crippen LogP contribution in [0.3, 0.4) is 0 Å². The predicted octanol–water partition coefficient (Wildman–Crippen LogP) is 7.73. The van der Waals surface area contributed by atoms with Gasteiger partial charge in [-0.05, 0) is 59.6 Å². The predicted molar refractivity (Wildman–Crippen MR) is 176 cm³/mol. The molecule has 0 bridgehead atoms. The van der Waals surface area contributed by atoms with Gasteiger partial charge < -0.3 is 21.8 Å². The molecule has 0 rings (SSSR count). The molecule has 0 saturated heterocycles. The van der Waals surface area contributed by atoms with Crippen LogP contribution in [0, 0.1) is 0 Å². The first kappa shape index (κ1) is 39.2. The number of ether oxygens (including phenoxy) is 2. The van der Waals surface area contributed by atoms with Crippen LogP contribution in [0.4, 0.5) is 0 Å². The van der Waals surface area contributed by atoms with Crippen LogP contribution in [0.2, 0.25) is 65.0 Å². The molecule has 6 nitrogen and oxygen atoms in total. The number of carbonyl (C=O) groups excluding carboxylic acids is 1. The maximum atomic E-state index is 10.9. The normalized spacial score (nSPS) is 12.6. The van der Waals surface area contributed by atoms with Crippen molar-refractivity contribution in [2.75, 3.05) is 19.4 Å². The topological polar surface area (TPSA) is 63.2 Å². The first-order valence-electron chi connectivity index (χ1n) is 13.1. The Kier molecular flexibility index (Phi) is 17.6. The molecule has 0 N–H and O–H groups in total. The Morgan fingerprint density at radius 1 is 0.737 bits per heavy atom. The van der Waals surface area contributed by atoms with E-state index in [1.165, 1.54) is 0 Å². The third-order valence-corrected chi connectivity index (χ3v) is 19.8. The van der Waals surface area contributed by atoms with E-state index in [0.29, 0.717) is 31.1 Å². The molecular weight excluding hydrogens is 561 g/mol. The Hall–Kier alpha value is -0.906. The highest BCUT2D eigenvalue weighted by molar-refractivity contribution is 6.93. The highest BCUT2D eigenvalue weighted by atomic mass is 28.5. The van der Waals surface area contributed by atoms with Crippen LogP contribution in [-0.4, -0.2) is 67.2 Å². The van der Waals surface area contributed by atoms with Gasteiger partial charge in [0.1, 0.15) is 0 Å². The third kappa shape index (κ3) is 20.1. The fourth-order valence-electron chi connectivity index (χ4n) is 2.59. The summed E-state index contributed by atoms with van der Waals surface area (Å²) in [7, 11) is -10.6. The first-order valence-corrected chi connectivity index (χ1v) is 27.7. The molecule has 0 aromatic carbocycles. The Morgan fingerprint density at radius 2 is 1.13 bits per heavy atom. The molecule has 0 saturated carbocycles. The highest BCUT2D eigenvalue weighted by Gasteiger charge is 2.50. The summed E-state index contributed by atoms with van der Waals surface area (Å²) in [5.74, 6) is -0.271. The largest absolute Gasteiger partial charge is 0.470 e. The fraction of sp³-hybridized carbons (Fsp3) is 0.593. The molecule has 0 unspecified atom stereocenters. The van der Waals surface area contributed by atoms with Crippen molar-refractivity contribution in [2.45, 2.75) is 85.2 Å². The molecule has 0 spiro atoms. The second kappa shape index (κ2) is 17.0. The average molecular weight is 617 g/mol. The monoisotopic (exact) mass is 616 g/mol.